The summed E-state index contributed by atoms with van der Waals surface area (Å²) in [5.41, 5.74) is 6.38. The number of rotatable bonds is 6. The Bertz CT molecular complexity index is 2220. The quantitative estimate of drug-likeness (QED) is 0.142. The molecule has 0 fully saturated rings. The Labute approximate surface area is 270 Å². The van der Waals surface area contributed by atoms with E-state index in [0.717, 1.165) is 22.0 Å². The molecule has 8 aromatic rings. The van der Waals surface area contributed by atoms with Gasteiger partial charge >= 0.3 is 0 Å². The molecule has 0 aliphatic heterocycles. The van der Waals surface area contributed by atoms with Gasteiger partial charge in [0.15, 0.2) is 8.07 Å². The summed E-state index contributed by atoms with van der Waals surface area (Å²) in [7, 11) is -2.93. The minimum absolute atomic E-state index is 0.710. The maximum absolute atomic E-state index is 10.7. The van der Waals surface area contributed by atoms with Crippen molar-refractivity contribution in [3.8, 4) is 22.9 Å². The van der Waals surface area contributed by atoms with E-state index in [4.69, 9.17) is 0 Å². The van der Waals surface area contributed by atoms with Crippen LogP contribution in [0.2, 0.25) is 0 Å². The monoisotopic (exact) mass is 602 g/mol. The van der Waals surface area contributed by atoms with Gasteiger partial charge in [0.25, 0.3) is 0 Å². The number of hydrogen-bond acceptors (Lipinski definition) is 1. The Balaban J connectivity index is 1.46. The van der Waals surface area contributed by atoms with E-state index >= 15 is 0 Å². The van der Waals surface area contributed by atoms with E-state index in [-0.39, 0.29) is 0 Å². The molecule has 0 radical (unpaired) electrons. The molecule has 0 bridgehead atoms. The first-order valence-electron chi connectivity index (χ1n) is 15.6. The van der Waals surface area contributed by atoms with Gasteiger partial charge in [0.2, 0.25) is 0 Å². The van der Waals surface area contributed by atoms with Crippen molar-refractivity contribution in [2.45, 2.75) is 0 Å². The van der Waals surface area contributed by atoms with Crippen LogP contribution in [-0.2, 0) is 0 Å². The van der Waals surface area contributed by atoms with Crippen molar-refractivity contribution >= 4 is 50.6 Å². The molecule has 216 valence electrons. The highest BCUT2D eigenvalue weighted by Gasteiger charge is 2.43. The zero-order valence-corrected chi connectivity index (χ0v) is 26.2. The number of fused-ring (bicyclic) bond motifs is 3. The summed E-state index contributed by atoms with van der Waals surface area (Å²) in [5.74, 6) is 0. The topological polar surface area (TPSA) is 28.7 Å². The Kier molecular flexibility index (Phi) is 6.91. The second kappa shape index (κ2) is 11.5. The molecule has 0 aliphatic carbocycles. The fourth-order valence-corrected chi connectivity index (χ4v) is 12.2. The third-order valence-electron chi connectivity index (χ3n) is 9.20. The second-order valence-corrected chi connectivity index (χ2v) is 15.4. The predicted octanol–water partition coefficient (Wildman–Crippen LogP) is 7.70. The second-order valence-electron chi connectivity index (χ2n) is 11.6. The third kappa shape index (κ3) is 4.31. The molecule has 0 N–H and O–H groups in total. The van der Waals surface area contributed by atoms with Crippen molar-refractivity contribution < 1.29 is 0 Å². The summed E-state index contributed by atoms with van der Waals surface area (Å²) in [4.78, 5) is 0. The van der Waals surface area contributed by atoms with E-state index in [1.807, 2.05) is 6.07 Å². The van der Waals surface area contributed by atoms with Crippen LogP contribution < -0.4 is 20.7 Å². The maximum Gasteiger partial charge on any atom is 0.180 e. The molecule has 1 heterocycles. The average molecular weight is 603 g/mol. The first-order valence-corrected chi connectivity index (χ1v) is 17.6. The molecule has 0 atom stereocenters. The number of para-hydroxylation sites is 3. The van der Waals surface area contributed by atoms with Crippen molar-refractivity contribution in [1.29, 1.82) is 5.26 Å². The Hall–Kier alpha value is -5.95. The van der Waals surface area contributed by atoms with Gasteiger partial charge in [-0.15, -0.1) is 0 Å². The summed E-state index contributed by atoms with van der Waals surface area (Å²) in [6.45, 7) is 0. The highest BCUT2D eigenvalue weighted by atomic mass is 28.3. The minimum atomic E-state index is -2.93. The summed E-state index contributed by atoms with van der Waals surface area (Å²) in [5, 5.41) is 18.0. The van der Waals surface area contributed by atoms with Gasteiger partial charge in [-0.2, -0.15) is 5.26 Å². The third-order valence-corrected chi connectivity index (χ3v) is 14.0. The number of hydrogen-bond donors (Lipinski definition) is 0. The van der Waals surface area contributed by atoms with E-state index in [2.05, 4.69) is 187 Å². The van der Waals surface area contributed by atoms with Gasteiger partial charge in [0, 0.05) is 16.3 Å². The predicted molar refractivity (Wildman–Crippen MR) is 195 cm³/mol. The van der Waals surface area contributed by atoms with Crippen LogP contribution in [0.5, 0.6) is 0 Å². The van der Waals surface area contributed by atoms with Gasteiger partial charge in [-0.25, -0.2) is 0 Å². The zero-order chi connectivity index (χ0) is 30.9. The number of nitrogens with zero attached hydrogens (tertiary/aromatic N) is 2. The van der Waals surface area contributed by atoms with Crippen LogP contribution in [0.3, 0.4) is 0 Å². The molecule has 0 aliphatic rings. The SMILES string of the molecule is N#Cc1ccc(-c2ccccc2-n2c3ccccc3c3ccccc32)cc1[Si](c1ccccc1)(c1ccccc1)c1ccccc1. The molecular formula is C43H30N2Si. The first-order chi connectivity index (χ1) is 22.8. The van der Waals surface area contributed by atoms with Crippen molar-refractivity contribution in [3.63, 3.8) is 0 Å². The minimum Gasteiger partial charge on any atom is -0.309 e. The zero-order valence-electron chi connectivity index (χ0n) is 25.2. The van der Waals surface area contributed by atoms with Crippen molar-refractivity contribution in [2.24, 2.45) is 0 Å². The highest BCUT2D eigenvalue weighted by Crippen LogP contribution is 2.36. The van der Waals surface area contributed by atoms with Gasteiger partial charge in [-0.05, 0) is 50.6 Å². The van der Waals surface area contributed by atoms with Gasteiger partial charge in [0.05, 0.1) is 28.4 Å². The normalized spacial score (nSPS) is 11.5. The summed E-state index contributed by atoms with van der Waals surface area (Å²) in [6.07, 6.45) is 0. The van der Waals surface area contributed by atoms with Crippen molar-refractivity contribution in [1.82, 2.24) is 4.57 Å². The van der Waals surface area contributed by atoms with Crippen molar-refractivity contribution in [2.75, 3.05) is 0 Å². The summed E-state index contributed by atoms with van der Waals surface area (Å²) >= 11 is 0. The smallest absolute Gasteiger partial charge is 0.180 e. The molecular weight excluding hydrogens is 573 g/mol. The molecule has 0 unspecified atom stereocenters. The molecule has 7 aromatic carbocycles. The Morgan fingerprint density at radius 1 is 0.457 bits per heavy atom. The standard InChI is InChI=1S/C43H30N2Si/c44-31-33-29-28-32(37-22-10-13-25-40(37)45-41-26-14-11-23-38(41)39-24-12-15-27-42(39)45)30-43(33)46(34-16-4-1-5-17-34,35-18-6-2-7-19-35)36-20-8-3-9-21-36/h1-30H. The number of nitriles is 1. The summed E-state index contributed by atoms with van der Waals surface area (Å²) < 4.78 is 2.38. The van der Waals surface area contributed by atoms with Crippen LogP contribution in [0.1, 0.15) is 5.56 Å². The molecule has 0 spiro atoms. The van der Waals surface area contributed by atoms with Crippen LogP contribution in [-0.4, -0.2) is 12.6 Å². The molecule has 0 saturated heterocycles. The Morgan fingerprint density at radius 3 is 1.43 bits per heavy atom. The summed E-state index contributed by atoms with van der Waals surface area (Å²) in [6, 6.07) is 67.4. The first kappa shape index (κ1) is 27.6. The molecule has 8 rings (SSSR count). The van der Waals surface area contributed by atoms with E-state index in [1.54, 1.807) is 0 Å². The van der Waals surface area contributed by atoms with Crippen LogP contribution in [0.25, 0.3) is 38.6 Å². The largest absolute Gasteiger partial charge is 0.309 e. The lowest BCUT2D eigenvalue weighted by Gasteiger charge is -2.35. The molecule has 2 nitrogen and oxygen atoms in total. The average Bonchev–Trinajstić information content (AvgIpc) is 3.48. The molecule has 1 aromatic heterocycles. The maximum atomic E-state index is 10.7. The fourth-order valence-electron chi connectivity index (χ4n) is 7.25. The molecule has 0 amide bonds. The van der Waals surface area contributed by atoms with E-state index in [9.17, 15) is 5.26 Å². The van der Waals surface area contributed by atoms with E-state index < -0.39 is 8.07 Å². The van der Waals surface area contributed by atoms with Crippen LogP contribution in [0, 0.1) is 11.3 Å². The van der Waals surface area contributed by atoms with Gasteiger partial charge in [-0.3, -0.25) is 0 Å². The lowest BCUT2D eigenvalue weighted by atomic mass is 10.0. The molecule has 46 heavy (non-hydrogen) atoms. The van der Waals surface area contributed by atoms with Gasteiger partial charge < -0.3 is 4.57 Å². The van der Waals surface area contributed by atoms with Gasteiger partial charge in [0.1, 0.15) is 0 Å². The van der Waals surface area contributed by atoms with Crippen molar-refractivity contribution in [3.05, 3.63) is 188 Å². The highest BCUT2D eigenvalue weighted by molar-refractivity contribution is 7.20. The van der Waals surface area contributed by atoms with Gasteiger partial charge in [-0.1, -0.05) is 158 Å². The van der Waals surface area contributed by atoms with E-state index in [0.29, 0.717) is 5.56 Å². The van der Waals surface area contributed by atoms with Crippen LogP contribution >= 0.6 is 0 Å². The fraction of sp³-hybridized carbons (Fsp3) is 0. The van der Waals surface area contributed by atoms with Crippen LogP contribution in [0.15, 0.2) is 182 Å². The Morgan fingerprint density at radius 2 is 0.913 bits per heavy atom. The molecule has 0 saturated carbocycles. The van der Waals surface area contributed by atoms with E-state index in [1.165, 1.54) is 37.4 Å². The molecule has 3 heteroatoms. The lowest BCUT2D eigenvalue weighted by molar-refractivity contribution is 1.18. The van der Waals surface area contributed by atoms with Crippen LogP contribution in [0.4, 0.5) is 0 Å². The lowest BCUT2D eigenvalue weighted by Crippen LogP contribution is -2.75. The number of benzene rings is 7. The number of aromatic nitrogens is 1.